The average Bonchev–Trinajstić information content (AvgIpc) is 3.46. The molecule has 3 aromatic rings. The molecule has 0 N–H and O–H groups in total. The first-order valence-corrected chi connectivity index (χ1v) is 11.0. The van der Waals surface area contributed by atoms with Crippen LogP contribution in [0.2, 0.25) is 0 Å². The van der Waals surface area contributed by atoms with Crippen LogP contribution in [0.1, 0.15) is 31.2 Å². The van der Waals surface area contributed by atoms with Gasteiger partial charge >= 0.3 is 0 Å². The fraction of sp³-hybridized carbons (Fsp3) is 0.400. The fourth-order valence-electron chi connectivity index (χ4n) is 4.87. The molecular weight excluding hydrogens is 356 g/mol. The lowest BCUT2D eigenvalue weighted by atomic mass is 10.0. The third kappa shape index (κ3) is 4.14. The van der Waals surface area contributed by atoms with Gasteiger partial charge in [-0.3, -0.25) is 4.90 Å². The molecule has 5 rings (SSSR count). The van der Waals surface area contributed by atoms with Crippen LogP contribution in [-0.4, -0.2) is 51.8 Å². The molecule has 0 bridgehead atoms. The lowest BCUT2D eigenvalue weighted by molar-refractivity contribution is 0.123. The normalized spacial score (nSPS) is 19.0. The van der Waals surface area contributed by atoms with Gasteiger partial charge in [0.25, 0.3) is 0 Å². The summed E-state index contributed by atoms with van der Waals surface area (Å²) in [5, 5.41) is 4.98. The molecule has 0 aliphatic carbocycles. The zero-order valence-electron chi connectivity index (χ0n) is 17.1. The SMILES string of the molecule is c1ccc(-c2nn(-c3ccccc3)cc2CN2CCC(N3CCCC3)CC2)cc1. The van der Waals surface area contributed by atoms with Gasteiger partial charge in [0.15, 0.2) is 0 Å². The molecule has 3 heterocycles. The minimum absolute atomic E-state index is 0.800. The van der Waals surface area contributed by atoms with Crippen molar-refractivity contribution < 1.29 is 0 Å². The van der Waals surface area contributed by atoms with Crippen molar-refractivity contribution in [3.05, 3.63) is 72.4 Å². The van der Waals surface area contributed by atoms with Crippen LogP contribution in [0.3, 0.4) is 0 Å². The van der Waals surface area contributed by atoms with Crippen molar-refractivity contribution >= 4 is 0 Å². The lowest BCUT2D eigenvalue weighted by Crippen LogP contribution is -2.43. The van der Waals surface area contributed by atoms with Gasteiger partial charge in [-0.2, -0.15) is 5.10 Å². The second-order valence-corrected chi connectivity index (χ2v) is 8.40. The molecule has 0 radical (unpaired) electrons. The Bertz CT molecular complexity index is 905. The van der Waals surface area contributed by atoms with Crippen molar-refractivity contribution in [2.24, 2.45) is 0 Å². The number of piperidine rings is 1. The van der Waals surface area contributed by atoms with E-state index in [9.17, 15) is 0 Å². The van der Waals surface area contributed by atoms with Crippen LogP contribution in [0.4, 0.5) is 0 Å². The van der Waals surface area contributed by atoms with Gasteiger partial charge in [0.1, 0.15) is 0 Å². The molecule has 2 saturated heterocycles. The third-order valence-electron chi connectivity index (χ3n) is 6.47. The molecule has 0 unspecified atom stereocenters. The number of para-hydroxylation sites is 1. The van der Waals surface area contributed by atoms with Gasteiger partial charge in [0, 0.05) is 29.9 Å². The van der Waals surface area contributed by atoms with E-state index in [0.29, 0.717) is 0 Å². The van der Waals surface area contributed by atoms with Crippen molar-refractivity contribution in [3.63, 3.8) is 0 Å². The molecule has 0 saturated carbocycles. The maximum Gasteiger partial charge on any atom is 0.0972 e. The van der Waals surface area contributed by atoms with Crippen LogP contribution >= 0.6 is 0 Å². The minimum atomic E-state index is 0.800. The highest BCUT2D eigenvalue weighted by molar-refractivity contribution is 5.63. The molecule has 2 aliphatic heterocycles. The molecule has 150 valence electrons. The standard InChI is InChI=1S/C25H30N4/c1-3-9-21(10-4-1)25-22(20-29(26-25)24-11-5-2-6-12-24)19-27-17-13-23(14-18-27)28-15-7-8-16-28/h1-6,9-12,20,23H,7-8,13-19H2. The Morgan fingerprint density at radius 1 is 0.793 bits per heavy atom. The van der Waals surface area contributed by atoms with Crippen molar-refractivity contribution in [1.82, 2.24) is 19.6 Å². The zero-order valence-corrected chi connectivity index (χ0v) is 17.1. The highest BCUT2D eigenvalue weighted by atomic mass is 15.3. The Morgan fingerprint density at radius 2 is 1.45 bits per heavy atom. The number of nitrogens with zero attached hydrogens (tertiary/aromatic N) is 4. The van der Waals surface area contributed by atoms with E-state index in [0.717, 1.165) is 24.0 Å². The van der Waals surface area contributed by atoms with Gasteiger partial charge in [-0.05, 0) is 64.0 Å². The van der Waals surface area contributed by atoms with Crippen molar-refractivity contribution in [1.29, 1.82) is 0 Å². The Labute approximate surface area is 173 Å². The molecule has 0 amide bonds. The molecule has 29 heavy (non-hydrogen) atoms. The quantitative estimate of drug-likeness (QED) is 0.640. The van der Waals surface area contributed by atoms with E-state index in [1.54, 1.807) is 0 Å². The van der Waals surface area contributed by atoms with E-state index >= 15 is 0 Å². The van der Waals surface area contributed by atoms with Crippen LogP contribution in [0.5, 0.6) is 0 Å². The van der Waals surface area contributed by atoms with Crippen LogP contribution in [-0.2, 0) is 6.54 Å². The zero-order chi connectivity index (χ0) is 19.5. The summed E-state index contributed by atoms with van der Waals surface area (Å²) in [6, 6.07) is 21.8. The summed E-state index contributed by atoms with van der Waals surface area (Å²) in [5.41, 5.74) is 4.74. The van der Waals surface area contributed by atoms with Gasteiger partial charge in [-0.1, -0.05) is 48.5 Å². The average molecular weight is 387 g/mol. The molecule has 0 spiro atoms. The molecular formula is C25H30N4. The topological polar surface area (TPSA) is 24.3 Å². The molecule has 4 heteroatoms. The minimum Gasteiger partial charge on any atom is -0.300 e. The Morgan fingerprint density at radius 3 is 2.14 bits per heavy atom. The number of aromatic nitrogens is 2. The van der Waals surface area contributed by atoms with E-state index in [1.165, 1.54) is 63.0 Å². The first kappa shape index (κ1) is 18.6. The smallest absolute Gasteiger partial charge is 0.0972 e. The summed E-state index contributed by atoms with van der Waals surface area (Å²) in [6.07, 6.45) is 7.60. The van der Waals surface area contributed by atoms with E-state index in [2.05, 4.69) is 76.7 Å². The monoisotopic (exact) mass is 386 g/mol. The Balaban J connectivity index is 1.35. The summed E-state index contributed by atoms with van der Waals surface area (Å²) in [7, 11) is 0. The van der Waals surface area contributed by atoms with Crippen molar-refractivity contribution in [3.8, 4) is 16.9 Å². The van der Waals surface area contributed by atoms with E-state index in [1.807, 2.05) is 4.68 Å². The highest BCUT2D eigenvalue weighted by Gasteiger charge is 2.27. The van der Waals surface area contributed by atoms with Gasteiger partial charge in [-0.15, -0.1) is 0 Å². The van der Waals surface area contributed by atoms with Crippen LogP contribution in [0.15, 0.2) is 66.9 Å². The van der Waals surface area contributed by atoms with E-state index < -0.39 is 0 Å². The van der Waals surface area contributed by atoms with Gasteiger partial charge in [-0.25, -0.2) is 4.68 Å². The summed E-state index contributed by atoms with van der Waals surface area (Å²) >= 11 is 0. The maximum absolute atomic E-state index is 4.98. The number of hydrogen-bond donors (Lipinski definition) is 0. The van der Waals surface area contributed by atoms with Gasteiger partial charge < -0.3 is 4.90 Å². The molecule has 2 aliphatic rings. The first-order chi connectivity index (χ1) is 14.4. The predicted molar refractivity (Wildman–Crippen MR) is 118 cm³/mol. The molecule has 2 fully saturated rings. The second kappa shape index (κ2) is 8.52. The summed E-state index contributed by atoms with van der Waals surface area (Å²) < 4.78 is 2.04. The largest absolute Gasteiger partial charge is 0.300 e. The highest BCUT2D eigenvalue weighted by Crippen LogP contribution is 2.27. The number of rotatable bonds is 5. The Hall–Kier alpha value is -2.43. The molecule has 0 atom stereocenters. The fourth-order valence-corrected chi connectivity index (χ4v) is 4.87. The second-order valence-electron chi connectivity index (χ2n) is 8.40. The van der Waals surface area contributed by atoms with E-state index in [4.69, 9.17) is 5.10 Å². The number of likely N-dealkylation sites (tertiary alicyclic amines) is 2. The molecule has 1 aromatic heterocycles. The number of hydrogen-bond acceptors (Lipinski definition) is 3. The Kier molecular flexibility index (Phi) is 5.46. The summed E-state index contributed by atoms with van der Waals surface area (Å²) in [5.74, 6) is 0. The van der Waals surface area contributed by atoms with Gasteiger partial charge in [0.2, 0.25) is 0 Å². The summed E-state index contributed by atoms with van der Waals surface area (Å²) in [4.78, 5) is 5.34. The van der Waals surface area contributed by atoms with Gasteiger partial charge in [0.05, 0.1) is 11.4 Å². The maximum atomic E-state index is 4.98. The summed E-state index contributed by atoms with van der Waals surface area (Å²) in [6.45, 7) is 5.97. The molecule has 4 nitrogen and oxygen atoms in total. The third-order valence-corrected chi connectivity index (χ3v) is 6.47. The van der Waals surface area contributed by atoms with Crippen molar-refractivity contribution in [2.75, 3.05) is 26.2 Å². The van der Waals surface area contributed by atoms with Crippen LogP contribution in [0, 0.1) is 0 Å². The predicted octanol–water partition coefficient (Wildman–Crippen LogP) is 4.60. The first-order valence-electron chi connectivity index (χ1n) is 11.0. The van der Waals surface area contributed by atoms with E-state index in [-0.39, 0.29) is 0 Å². The number of benzene rings is 2. The lowest BCUT2D eigenvalue weighted by Gasteiger charge is -2.36. The van der Waals surface area contributed by atoms with Crippen LogP contribution < -0.4 is 0 Å². The molecule has 2 aromatic carbocycles. The van der Waals surface area contributed by atoms with Crippen LogP contribution in [0.25, 0.3) is 16.9 Å². The van der Waals surface area contributed by atoms with Crippen molar-refractivity contribution in [2.45, 2.75) is 38.3 Å².